The number of nitrogens with zero attached hydrogens (tertiary/aromatic N) is 2. The summed E-state index contributed by atoms with van der Waals surface area (Å²) in [4.78, 5) is 6.91. The molecule has 2 rings (SSSR count). The fraction of sp³-hybridized carbons (Fsp3) is 0.667. The molecular weight excluding hydrogens is 208 g/mol. The molecule has 0 amide bonds. The van der Waals surface area contributed by atoms with E-state index in [2.05, 4.69) is 63.7 Å². The molecule has 1 aliphatic rings. The molecule has 1 aromatic heterocycles. The third-order valence-electron chi connectivity index (χ3n) is 3.58. The standard InChI is InChI=1S/C15H24N2/c1-14(2,3)13-12-9-16-8-7-11(12)10-17(13)15(4,5)6/h7-9,13H,10H2,1-6H3. The van der Waals surface area contributed by atoms with Crippen LogP contribution in [0.4, 0.5) is 0 Å². The van der Waals surface area contributed by atoms with Crippen LogP contribution in [0.15, 0.2) is 18.5 Å². The van der Waals surface area contributed by atoms with Crippen molar-refractivity contribution < 1.29 is 0 Å². The summed E-state index contributed by atoms with van der Waals surface area (Å²) in [7, 11) is 0. The molecule has 17 heavy (non-hydrogen) atoms. The Balaban J connectivity index is 2.48. The lowest BCUT2D eigenvalue weighted by Crippen LogP contribution is -2.44. The molecule has 0 fully saturated rings. The Morgan fingerprint density at radius 2 is 1.82 bits per heavy atom. The molecule has 0 aliphatic carbocycles. The molecule has 2 heteroatoms. The van der Waals surface area contributed by atoms with Crippen molar-refractivity contribution in [3.63, 3.8) is 0 Å². The van der Waals surface area contributed by atoms with E-state index in [4.69, 9.17) is 0 Å². The molecule has 94 valence electrons. The van der Waals surface area contributed by atoms with Gasteiger partial charge in [-0.3, -0.25) is 9.88 Å². The lowest BCUT2D eigenvalue weighted by molar-refractivity contribution is 0.0307. The summed E-state index contributed by atoms with van der Waals surface area (Å²) in [6.45, 7) is 14.9. The summed E-state index contributed by atoms with van der Waals surface area (Å²) in [6, 6.07) is 2.63. The number of aromatic nitrogens is 1. The Bertz CT molecular complexity index is 410. The quantitative estimate of drug-likeness (QED) is 0.676. The molecule has 1 aromatic rings. The molecule has 0 aromatic carbocycles. The molecule has 0 bridgehead atoms. The molecule has 0 saturated carbocycles. The van der Waals surface area contributed by atoms with E-state index in [9.17, 15) is 0 Å². The molecule has 1 aliphatic heterocycles. The molecule has 2 nitrogen and oxygen atoms in total. The summed E-state index contributed by atoms with van der Waals surface area (Å²) in [5, 5.41) is 0. The van der Waals surface area contributed by atoms with Gasteiger partial charge in [-0.1, -0.05) is 20.8 Å². The first-order valence-corrected chi connectivity index (χ1v) is 6.41. The molecule has 1 unspecified atom stereocenters. The zero-order valence-electron chi connectivity index (χ0n) is 11.9. The zero-order chi connectivity index (χ0) is 12.8. The van der Waals surface area contributed by atoms with Crippen LogP contribution in [0.1, 0.15) is 58.7 Å². The summed E-state index contributed by atoms with van der Waals surface area (Å²) < 4.78 is 0. The van der Waals surface area contributed by atoms with Crippen molar-refractivity contribution in [2.24, 2.45) is 5.41 Å². The number of pyridine rings is 1. The normalized spacial score (nSPS) is 21.6. The SMILES string of the molecule is CC(C)(C)C1c2cnccc2CN1C(C)(C)C. The topological polar surface area (TPSA) is 16.1 Å². The molecule has 0 saturated heterocycles. The zero-order valence-corrected chi connectivity index (χ0v) is 11.9. The molecule has 0 spiro atoms. The first-order chi connectivity index (χ1) is 7.71. The molecule has 0 N–H and O–H groups in total. The van der Waals surface area contributed by atoms with Crippen LogP contribution in [0.25, 0.3) is 0 Å². The maximum Gasteiger partial charge on any atom is 0.0423 e. The van der Waals surface area contributed by atoms with E-state index in [1.54, 1.807) is 0 Å². The maximum atomic E-state index is 4.31. The number of hydrogen-bond donors (Lipinski definition) is 0. The third kappa shape index (κ3) is 2.23. The first-order valence-electron chi connectivity index (χ1n) is 6.41. The van der Waals surface area contributed by atoms with Crippen molar-refractivity contribution in [1.82, 2.24) is 9.88 Å². The van der Waals surface area contributed by atoms with Crippen LogP contribution in [-0.2, 0) is 6.54 Å². The van der Waals surface area contributed by atoms with Crippen molar-refractivity contribution >= 4 is 0 Å². The van der Waals surface area contributed by atoms with Gasteiger partial charge in [-0.25, -0.2) is 0 Å². The molecule has 2 heterocycles. The van der Waals surface area contributed by atoms with Gasteiger partial charge in [0.15, 0.2) is 0 Å². The van der Waals surface area contributed by atoms with Gasteiger partial charge >= 0.3 is 0 Å². The van der Waals surface area contributed by atoms with Crippen molar-refractivity contribution in [3.8, 4) is 0 Å². The minimum absolute atomic E-state index is 0.191. The monoisotopic (exact) mass is 232 g/mol. The van der Waals surface area contributed by atoms with Gasteiger partial charge in [0.1, 0.15) is 0 Å². The number of hydrogen-bond acceptors (Lipinski definition) is 2. The third-order valence-corrected chi connectivity index (χ3v) is 3.58. The fourth-order valence-corrected chi connectivity index (χ4v) is 2.83. The average molecular weight is 232 g/mol. The van der Waals surface area contributed by atoms with Gasteiger partial charge in [0.25, 0.3) is 0 Å². The minimum Gasteiger partial charge on any atom is -0.287 e. The van der Waals surface area contributed by atoms with Crippen LogP contribution in [0.2, 0.25) is 0 Å². The van der Waals surface area contributed by atoms with Gasteiger partial charge in [-0.05, 0) is 43.4 Å². The van der Waals surface area contributed by atoms with E-state index in [1.165, 1.54) is 11.1 Å². The summed E-state index contributed by atoms with van der Waals surface area (Å²) in [5.41, 5.74) is 3.28. The highest BCUT2D eigenvalue weighted by molar-refractivity contribution is 5.33. The lowest BCUT2D eigenvalue weighted by atomic mass is 9.81. The summed E-state index contributed by atoms with van der Waals surface area (Å²) in [6.07, 6.45) is 3.96. The van der Waals surface area contributed by atoms with Crippen LogP contribution in [-0.4, -0.2) is 15.4 Å². The van der Waals surface area contributed by atoms with Crippen molar-refractivity contribution in [2.75, 3.05) is 0 Å². The van der Waals surface area contributed by atoms with Crippen LogP contribution < -0.4 is 0 Å². The lowest BCUT2D eigenvalue weighted by Gasteiger charge is -2.43. The highest BCUT2D eigenvalue weighted by Gasteiger charge is 2.42. The second-order valence-corrected chi connectivity index (χ2v) is 7.14. The van der Waals surface area contributed by atoms with Crippen LogP contribution >= 0.6 is 0 Å². The Morgan fingerprint density at radius 1 is 1.18 bits per heavy atom. The molecule has 1 atom stereocenters. The van der Waals surface area contributed by atoms with Gasteiger partial charge in [-0.15, -0.1) is 0 Å². The summed E-state index contributed by atoms with van der Waals surface area (Å²) in [5.74, 6) is 0. The smallest absolute Gasteiger partial charge is 0.0423 e. The predicted molar refractivity (Wildman–Crippen MR) is 71.7 cm³/mol. The van der Waals surface area contributed by atoms with E-state index in [-0.39, 0.29) is 11.0 Å². The second-order valence-electron chi connectivity index (χ2n) is 7.14. The second kappa shape index (κ2) is 3.81. The van der Waals surface area contributed by atoms with E-state index in [0.717, 1.165) is 6.54 Å². The van der Waals surface area contributed by atoms with E-state index in [0.29, 0.717) is 6.04 Å². The Hall–Kier alpha value is -0.890. The van der Waals surface area contributed by atoms with Gasteiger partial charge < -0.3 is 0 Å². The number of fused-ring (bicyclic) bond motifs is 1. The van der Waals surface area contributed by atoms with Gasteiger partial charge in [0.05, 0.1) is 0 Å². The van der Waals surface area contributed by atoms with Gasteiger partial charge in [-0.2, -0.15) is 0 Å². The van der Waals surface area contributed by atoms with Crippen molar-refractivity contribution in [2.45, 2.75) is 59.7 Å². The van der Waals surface area contributed by atoms with E-state index in [1.807, 2.05) is 6.20 Å². The largest absolute Gasteiger partial charge is 0.287 e. The van der Waals surface area contributed by atoms with E-state index < -0.39 is 0 Å². The Labute approximate surface area is 105 Å². The molecular formula is C15H24N2. The number of rotatable bonds is 0. The van der Waals surface area contributed by atoms with Crippen molar-refractivity contribution in [3.05, 3.63) is 29.6 Å². The maximum absolute atomic E-state index is 4.31. The van der Waals surface area contributed by atoms with E-state index >= 15 is 0 Å². The highest BCUT2D eigenvalue weighted by Crippen LogP contribution is 2.47. The summed E-state index contributed by atoms with van der Waals surface area (Å²) >= 11 is 0. The van der Waals surface area contributed by atoms with Crippen molar-refractivity contribution in [1.29, 1.82) is 0 Å². The first kappa shape index (κ1) is 12.6. The van der Waals surface area contributed by atoms with Gasteiger partial charge in [0, 0.05) is 30.5 Å². The van der Waals surface area contributed by atoms with Crippen LogP contribution in [0.3, 0.4) is 0 Å². The minimum atomic E-state index is 0.191. The fourth-order valence-electron chi connectivity index (χ4n) is 2.83. The van der Waals surface area contributed by atoms with Gasteiger partial charge in [0.2, 0.25) is 0 Å². The highest BCUT2D eigenvalue weighted by atomic mass is 15.2. The Kier molecular flexibility index (Phi) is 2.81. The predicted octanol–water partition coefficient (Wildman–Crippen LogP) is 3.78. The Morgan fingerprint density at radius 3 is 2.35 bits per heavy atom. The van der Waals surface area contributed by atoms with Crippen LogP contribution in [0, 0.1) is 5.41 Å². The molecule has 0 radical (unpaired) electrons. The average Bonchev–Trinajstić information content (AvgIpc) is 2.54. The van der Waals surface area contributed by atoms with Crippen LogP contribution in [0.5, 0.6) is 0 Å².